The number of unbranched alkanes of at least 4 members (excludes halogenated alkanes) is 20. The molecule has 1 heterocycles. The number of hydrogen-bond acceptors (Lipinski definition) is 4. The molecule has 1 saturated heterocycles. The molecule has 1 rings (SSSR count). The lowest BCUT2D eigenvalue weighted by Crippen LogP contribution is -2.30. The van der Waals surface area contributed by atoms with Crippen LogP contribution < -0.4 is 5.73 Å². The van der Waals surface area contributed by atoms with Crippen molar-refractivity contribution >= 4 is 5.91 Å². The molecule has 2 N–H and O–H groups in total. The Hall–Kier alpha value is -1.69. The fraction of sp³-hybridized carbons (Fsp3) is 0.804. The molecule has 0 aliphatic carbocycles. The van der Waals surface area contributed by atoms with Crippen LogP contribution in [0.3, 0.4) is 0 Å². The summed E-state index contributed by atoms with van der Waals surface area (Å²) in [5, 5.41) is 0. The Morgan fingerprint density at radius 3 is 1.29 bits per heavy atom. The van der Waals surface area contributed by atoms with E-state index in [-0.39, 0.29) is 18.1 Å². The number of likely N-dealkylation sites (tertiary alicyclic amines) is 1. The fourth-order valence-electron chi connectivity index (χ4n) is 6.67. The van der Waals surface area contributed by atoms with Crippen molar-refractivity contribution in [2.75, 3.05) is 32.8 Å². The first kappa shape index (κ1) is 47.3. The molecule has 51 heavy (non-hydrogen) atoms. The highest BCUT2D eigenvalue weighted by atomic mass is 16.5. The number of carbonyl (C=O) groups is 1. The molecular weight excluding hydrogens is 629 g/mol. The molecule has 2 atom stereocenters. The lowest BCUT2D eigenvalue weighted by molar-refractivity contribution is -0.131. The van der Waals surface area contributed by atoms with E-state index in [9.17, 15) is 4.79 Å². The van der Waals surface area contributed by atoms with Crippen LogP contribution in [0.5, 0.6) is 0 Å². The van der Waals surface area contributed by atoms with Gasteiger partial charge in [-0.3, -0.25) is 4.79 Å². The van der Waals surface area contributed by atoms with E-state index in [1.54, 1.807) is 0 Å². The quantitative estimate of drug-likeness (QED) is 0.0514. The van der Waals surface area contributed by atoms with Gasteiger partial charge in [-0.15, -0.1) is 0 Å². The molecule has 0 bridgehead atoms. The van der Waals surface area contributed by atoms with Crippen LogP contribution in [-0.4, -0.2) is 55.9 Å². The molecule has 5 heteroatoms. The van der Waals surface area contributed by atoms with E-state index in [2.05, 4.69) is 62.5 Å². The van der Waals surface area contributed by atoms with Crippen molar-refractivity contribution in [3.8, 4) is 0 Å². The second-order valence-corrected chi connectivity index (χ2v) is 14.9. The predicted molar refractivity (Wildman–Crippen MR) is 222 cm³/mol. The lowest BCUT2D eigenvalue weighted by Gasteiger charge is -2.19. The second-order valence-electron chi connectivity index (χ2n) is 14.9. The van der Waals surface area contributed by atoms with E-state index in [0.717, 1.165) is 58.2 Å². The third-order valence-corrected chi connectivity index (χ3v) is 10.0. The number of carbonyl (C=O) groups excluding carboxylic acids is 1. The number of hydrogen-bond donors (Lipinski definition) is 1. The maximum Gasteiger partial charge on any atom is 0.222 e. The van der Waals surface area contributed by atoms with Crippen molar-refractivity contribution in [1.82, 2.24) is 4.90 Å². The lowest BCUT2D eigenvalue weighted by atomic mass is 10.1. The highest BCUT2D eigenvalue weighted by Crippen LogP contribution is 2.21. The molecule has 0 aromatic rings. The van der Waals surface area contributed by atoms with Gasteiger partial charge in [-0.25, -0.2) is 0 Å². The summed E-state index contributed by atoms with van der Waals surface area (Å²) in [7, 11) is 0. The highest BCUT2D eigenvalue weighted by molar-refractivity contribution is 5.76. The Labute approximate surface area is 317 Å². The summed E-state index contributed by atoms with van der Waals surface area (Å²) in [5.41, 5.74) is 5.64. The van der Waals surface area contributed by atoms with Gasteiger partial charge in [0.2, 0.25) is 5.91 Å². The van der Waals surface area contributed by atoms with Crippen LogP contribution in [-0.2, 0) is 14.3 Å². The van der Waals surface area contributed by atoms with E-state index in [1.807, 2.05) is 4.90 Å². The number of amides is 1. The van der Waals surface area contributed by atoms with Crippen LogP contribution in [0.4, 0.5) is 0 Å². The molecule has 0 aromatic carbocycles. The number of allylic oxidation sites excluding steroid dienone is 8. The van der Waals surface area contributed by atoms with Gasteiger partial charge in [0.15, 0.2) is 0 Å². The van der Waals surface area contributed by atoms with Gasteiger partial charge in [0.25, 0.3) is 0 Å². The summed E-state index contributed by atoms with van der Waals surface area (Å²) in [4.78, 5) is 14.9. The van der Waals surface area contributed by atoms with Gasteiger partial charge in [0.05, 0.1) is 0 Å². The average Bonchev–Trinajstić information content (AvgIpc) is 3.55. The minimum absolute atomic E-state index is 0.000526. The molecule has 0 aromatic heterocycles. The fourth-order valence-corrected chi connectivity index (χ4v) is 6.67. The first-order chi connectivity index (χ1) is 25.2. The van der Waals surface area contributed by atoms with Crippen molar-refractivity contribution < 1.29 is 14.3 Å². The predicted octanol–water partition coefficient (Wildman–Crippen LogP) is 12.7. The van der Waals surface area contributed by atoms with Gasteiger partial charge in [0, 0.05) is 32.7 Å². The molecule has 296 valence electrons. The van der Waals surface area contributed by atoms with Gasteiger partial charge in [-0.1, -0.05) is 146 Å². The number of nitrogens with two attached hydrogens (primary N) is 1. The average molecular weight is 713 g/mol. The Balaban J connectivity index is 2.18. The molecule has 1 aliphatic rings. The molecule has 1 amide bonds. The van der Waals surface area contributed by atoms with Gasteiger partial charge in [0.1, 0.15) is 12.2 Å². The van der Waals surface area contributed by atoms with Crippen LogP contribution >= 0.6 is 0 Å². The van der Waals surface area contributed by atoms with Gasteiger partial charge < -0.3 is 20.1 Å². The Morgan fingerprint density at radius 1 is 0.510 bits per heavy atom. The zero-order chi connectivity index (χ0) is 36.7. The van der Waals surface area contributed by atoms with E-state index in [4.69, 9.17) is 15.2 Å². The molecule has 5 nitrogen and oxygen atoms in total. The van der Waals surface area contributed by atoms with Gasteiger partial charge in [-0.2, -0.15) is 0 Å². The topological polar surface area (TPSA) is 64.8 Å². The van der Waals surface area contributed by atoms with Crippen LogP contribution in [0.15, 0.2) is 48.6 Å². The van der Waals surface area contributed by atoms with Crippen molar-refractivity contribution in [2.45, 2.75) is 206 Å². The van der Waals surface area contributed by atoms with E-state index in [1.165, 1.54) is 128 Å². The summed E-state index contributed by atoms with van der Waals surface area (Å²) in [6.07, 6.45) is 52.2. The standard InChI is InChI=1S/C46H84N2O3/c1-3-5-7-9-11-13-15-17-19-21-23-25-27-29-31-36-40-50-44-42-48(46(49)38-34-33-35-39-47)43-45(44)51-41-37-32-30-28-26-24-22-20-18-16-14-12-10-8-6-4-2/h11-14,17-20,44-45H,3-10,15-16,21-43,47H2,1-2H3/b13-11-,14-12-,19-17-,20-18-/t44-,45?/m1/s1. The number of rotatable bonds is 37. The minimum Gasteiger partial charge on any atom is -0.374 e. The second kappa shape index (κ2) is 38.0. The molecule has 0 radical (unpaired) electrons. The first-order valence-electron chi connectivity index (χ1n) is 22.0. The van der Waals surface area contributed by atoms with Gasteiger partial charge in [-0.05, 0) is 96.4 Å². The van der Waals surface area contributed by atoms with Crippen molar-refractivity contribution in [1.29, 1.82) is 0 Å². The zero-order valence-corrected chi connectivity index (χ0v) is 33.9. The molecule has 0 spiro atoms. The number of nitrogens with zero attached hydrogens (tertiary/aromatic N) is 1. The summed E-state index contributed by atoms with van der Waals surface area (Å²) in [5.74, 6) is 0.245. The summed E-state index contributed by atoms with van der Waals surface area (Å²) in [6.45, 7) is 8.10. The first-order valence-corrected chi connectivity index (χ1v) is 22.0. The summed E-state index contributed by atoms with van der Waals surface area (Å²) in [6, 6.07) is 0. The van der Waals surface area contributed by atoms with E-state index < -0.39 is 0 Å². The molecule has 0 saturated carbocycles. The van der Waals surface area contributed by atoms with Crippen LogP contribution in [0.2, 0.25) is 0 Å². The van der Waals surface area contributed by atoms with Gasteiger partial charge >= 0.3 is 0 Å². The molecule has 1 aliphatic heterocycles. The Bertz CT molecular complexity index is 809. The van der Waals surface area contributed by atoms with E-state index >= 15 is 0 Å². The summed E-state index contributed by atoms with van der Waals surface area (Å²) < 4.78 is 12.8. The Morgan fingerprint density at radius 2 is 0.882 bits per heavy atom. The Kier molecular flexibility index (Phi) is 35.3. The van der Waals surface area contributed by atoms with Crippen LogP contribution in [0.1, 0.15) is 194 Å². The highest BCUT2D eigenvalue weighted by Gasteiger charge is 2.36. The molecule has 1 fully saturated rings. The van der Waals surface area contributed by atoms with Crippen molar-refractivity contribution in [2.24, 2.45) is 5.73 Å². The number of ether oxygens (including phenoxy) is 2. The molecule has 1 unspecified atom stereocenters. The third kappa shape index (κ3) is 30.5. The maximum atomic E-state index is 12.9. The third-order valence-electron chi connectivity index (χ3n) is 10.0. The normalized spacial score (nSPS) is 16.7. The van der Waals surface area contributed by atoms with Crippen molar-refractivity contribution in [3.05, 3.63) is 48.6 Å². The van der Waals surface area contributed by atoms with Crippen LogP contribution in [0, 0.1) is 0 Å². The SMILES string of the molecule is CCCCC/C=C\C/C=C\CCCCCCCCOC1CN(C(=O)CCCCCN)C[C@H]1OCCCCCCCC/C=C\C/C=C\CCCCC. The summed E-state index contributed by atoms with van der Waals surface area (Å²) >= 11 is 0. The molecular formula is C46H84N2O3. The van der Waals surface area contributed by atoms with Crippen molar-refractivity contribution in [3.63, 3.8) is 0 Å². The largest absolute Gasteiger partial charge is 0.374 e. The van der Waals surface area contributed by atoms with Crippen LogP contribution in [0.25, 0.3) is 0 Å². The zero-order valence-electron chi connectivity index (χ0n) is 33.9. The minimum atomic E-state index is 0.000526. The maximum absolute atomic E-state index is 12.9. The smallest absolute Gasteiger partial charge is 0.222 e. The van der Waals surface area contributed by atoms with E-state index in [0.29, 0.717) is 26.1 Å². The monoisotopic (exact) mass is 713 g/mol.